The number of anilines is 1. The van der Waals surface area contributed by atoms with Crippen LogP contribution in [0, 0.1) is 0 Å². The summed E-state index contributed by atoms with van der Waals surface area (Å²) in [5.74, 6) is -1.18. The Morgan fingerprint density at radius 2 is 1.47 bits per heavy atom. The summed E-state index contributed by atoms with van der Waals surface area (Å²) in [5.41, 5.74) is 4.38. The molecule has 6 heteroatoms. The fourth-order valence-corrected chi connectivity index (χ4v) is 3.64. The van der Waals surface area contributed by atoms with Crippen LogP contribution in [0.5, 0.6) is 0 Å². The maximum absolute atomic E-state index is 12.5. The van der Waals surface area contributed by atoms with Crippen molar-refractivity contribution < 1.29 is 19.1 Å². The SMILES string of the molecule is C=C1c2ccccc2C(=O)N1CCC(=O)OCC(=O)Nc1ccccc1-c1ccccc1. The number of carbonyl (C=O) groups is 3. The Morgan fingerprint density at radius 1 is 0.844 bits per heavy atom. The minimum atomic E-state index is -0.562. The molecule has 160 valence electrons. The van der Waals surface area contributed by atoms with E-state index in [2.05, 4.69) is 11.9 Å². The zero-order valence-corrected chi connectivity index (χ0v) is 17.4. The van der Waals surface area contributed by atoms with E-state index in [1.54, 1.807) is 18.2 Å². The van der Waals surface area contributed by atoms with Crippen LogP contribution < -0.4 is 5.32 Å². The molecule has 0 atom stereocenters. The second-order valence-corrected chi connectivity index (χ2v) is 7.32. The van der Waals surface area contributed by atoms with Gasteiger partial charge in [0.1, 0.15) is 0 Å². The maximum Gasteiger partial charge on any atom is 0.308 e. The van der Waals surface area contributed by atoms with E-state index < -0.39 is 18.5 Å². The molecule has 6 nitrogen and oxygen atoms in total. The fourth-order valence-electron chi connectivity index (χ4n) is 3.64. The topological polar surface area (TPSA) is 75.7 Å². The Hall–Kier alpha value is -4.19. The van der Waals surface area contributed by atoms with Crippen LogP contribution in [0.25, 0.3) is 16.8 Å². The zero-order valence-electron chi connectivity index (χ0n) is 17.4. The Bertz CT molecular complexity index is 1150. The Kier molecular flexibility index (Phi) is 6.12. The van der Waals surface area contributed by atoms with Crippen LogP contribution in [0.4, 0.5) is 5.69 Å². The number of esters is 1. The number of para-hydroxylation sites is 1. The molecule has 3 aromatic carbocycles. The number of benzene rings is 3. The number of carbonyl (C=O) groups excluding carboxylic acids is 3. The highest BCUT2D eigenvalue weighted by atomic mass is 16.5. The summed E-state index contributed by atoms with van der Waals surface area (Å²) in [6.07, 6.45) is -0.0351. The first-order valence-corrected chi connectivity index (χ1v) is 10.2. The van der Waals surface area contributed by atoms with Gasteiger partial charge in [-0.1, -0.05) is 73.3 Å². The van der Waals surface area contributed by atoms with E-state index in [4.69, 9.17) is 4.74 Å². The van der Waals surface area contributed by atoms with Crippen molar-refractivity contribution in [1.82, 2.24) is 4.90 Å². The molecule has 0 aromatic heterocycles. The molecule has 0 spiro atoms. The van der Waals surface area contributed by atoms with Gasteiger partial charge in [0, 0.05) is 34.6 Å². The van der Waals surface area contributed by atoms with Crippen molar-refractivity contribution in [3.8, 4) is 11.1 Å². The highest BCUT2D eigenvalue weighted by Crippen LogP contribution is 2.31. The molecule has 0 fully saturated rings. The van der Waals surface area contributed by atoms with Gasteiger partial charge in [-0.25, -0.2) is 0 Å². The Morgan fingerprint density at radius 3 is 2.19 bits per heavy atom. The van der Waals surface area contributed by atoms with E-state index in [1.165, 1.54) is 4.90 Å². The van der Waals surface area contributed by atoms with E-state index >= 15 is 0 Å². The second-order valence-electron chi connectivity index (χ2n) is 7.32. The number of hydrogen-bond acceptors (Lipinski definition) is 4. The summed E-state index contributed by atoms with van der Waals surface area (Å²) in [6.45, 7) is 3.69. The van der Waals surface area contributed by atoms with Gasteiger partial charge in [0.05, 0.1) is 6.42 Å². The van der Waals surface area contributed by atoms with E-state index in [1.807, 2.05) is 60.7 Å². The first-order chi connectivity index (χ1) is 15.5. The lowest BCUT2D eigenvalue weighted by molar-refractivity contribution is -0.147. The molecular formula is C26H22N2O4. The van der Waals surface area contributed by atoms with E-state index in [0.717, 1.165) is 16.7 Å². The van der Waals surface area contributed by atoms with Crippen molar-refractivity contribution in [2.45, 2.75) is 6.42 Å². The lowest BCUT2D eigenvalue weighted by Gasteiger charge is -2.16. The summed E-state index contributed by atoms with van der Waals surface area (Å²) >= 11 is 0. The van der Waals surface area contributed by atoms with Crippen LogP contribution in [0.2, 0.25) is 0 Å². The summed E-state index contributed by atoms with van der Waals surface area (Å²) in [7, 11) is 0. The first kappa shape index (κ1) is 21.1. The molecule has 2 amide bonds. The molecule has 1 aliphatic rings. The molecule has 4 rings (SSSR count). The molecule has 1 aliphatic heterocycles. The van der Waals surface area contributed by atoms with Gasteiger partial charge in [0.25, 0.3) is 11.8 Å². The molecule has 32 heavy (non-hydrogen) atoms. The molecular weight excluding hydrogens is 404 g/mol. The summed E-state index contributed by atoms with van der Waals surface area (Å²) in [4.78, 5) is 38.5. The average molecular weight is 426 g/mol. The molecule has 0 aliphatic carbocycles. The highest BCUT2D eigenvalue weighted by molar-refractivity contribution is 6.08. The number of ether oxygens (including phenoxy) is 1. The molecule has 0 bridgehead atoms. The van der Waals surface area contributed by atoms with Crippen LogP contribution in [-0.2, 0) is 14.3 Å². The summed E-state index contributed by atoms with van der Waals surface area (Å²) in [6, 6.07) is 24.3. The lowest BCUT2D eigenvalue weighted by atomic mass is 10.0. The lowest BCUT2D eigenvalue weighted by Crippen LogP contribution is -2.27. The minimum absolute atomic E-state index is 0.0351. The van der Waals surface area contributed by atoms with Crippen LogP contribution in [0.3, 0.4) is 0 Å². The van der Waals surface area contributed by atoms with Gasteiger partial charge in [0.2, 0.25) is 0 Å². The van der Waals surface area contributed by atoms with E-state index in [-0.39, 0.29) is 18.9 Å². The van der Waals surface area contributed by atoms with Crippen molar-refractivity contribution >= 4 is 29.2 Å². The number of amides is 2. The monoisotopic (exact) mass is 426 g/mol. The maximum atomic E-state index is 12.5. The number of hydrogen-bond donors (Lipinski definition) is 1. The molecule has 1 N–H and O–H groups in total. The summed E-state index contributed by atoms with van der Waals surface area (Å²) in [5, 5.41) is 2.79. The van der Waals surface area contributed by atoms with Crippen molar-refractivity contribution in [3.63, 3.8) is 0 Å². The predicted octanol–water partition coefficient (Wildman–Crippen LogP) is 4.35. The van der Waals surface area contributed by atoms with Gasteiger partial charge in [-0.2, -0.15) is 0 Å². The van der Waals surface area contributed by atoms with Crippen molar-refractivity contribution in [2.75, 3.05) is 18.5 Å². The van der Waals surface area contributed by atoms with Gasteiger partial charge in [-0.3, -0.25) is 14.4 Å². The Balaban J connectivity index is 1.29. The quantitative estimate of drug-likeness (QED) is 0.570. The second kappa shape index (κ2) is 9.31. The molecule has 0 radical (unpaired) electrons. The van der Waals surface area contributed by atoms with Gasteiger partial charge < -0.3 is 15.0 Å². The molecule has 0 unspecified atom stereocenters. The third-order valence-electron chi connectivity index (χ3n) is 5.23. The van der Waals surface area contributed by atoms with Crippen molar-refractivity contribution in [2.24, 2.45) is 0 Å². The third-order valence-corrected chi connectivity index (χ3v) is 5.23. The van der Waals surface area contributed by atoms with Crippen LogP contribution in [0.15, 0.2) is 85.4 Å². The number of fused-ring (bicyclic) bond motifs is 1. The van der Waals surface area contributed by atoms with E-state index in [0.29, 0.717) is 16.9 Å². The highest BCUT2D eigenvalue weighted by Gasteiger charge is 2.30. The van der Waals surface area contributed by atoms with Crippen LogP contribution in [-0.4, -0.2) is 35.8 Å². The molecule has 3 aromatic rings. The molecule has 0 saturated carbocycles. The van der Waals surface area contributed by atoms with Crippen LogP contribution in [0.1, 0.15) is 22.3 Å². The zero-order chi connectivity index (χ0) is 22.5. The van der Waals surface area contributed by atoms with Crippen LogP contribution >= 0.6 is 0 Å². The van der Waals surface area contributed by atoms with Gasteiger partial charge in [-0.15, -0.1) is 0 Å². The molecule has 0 saturated heterocycles. The predicted molar refractivity (Wildman–Crippen MR) is 123 cm³/mol. The van der Waals surface area contributed by atoms with Gasteiger partial charge >= 0.3 is 5.97 Å². The minimum Gasteiger partial charge on any atom is -0.456 e. The smallest absolute Gasteiger partial charge is 0.308 e. The largest absolute Gasteiger partial charge is 0.456 e. The number of nitrogens with zero attached hydrogens (tertiary/aromatic N) is 1. The normalized spacial score (nSPS) is 12.4. The third kappa shape index (κ3) is 4.44. The van der Waals surface area contributed by atoms with Gasteiger partial charge in [-0.05, 0) is 17.7 Å². The Labute approximate surface area is 186 Å². The number of nitrogens with one attached hydrogen (secondary N) is 1. The number of rotatable bonds is 7. The molecule has 1 heterocycles. The first-order valence-electron chi connectivity index (χ1n) is 10.2. The summed E-state index contributed by atoms with van der Waals surface area (Å²) < 4.78 is 5.11. The van der Waals surface area contributed by atoms with Crippen molar-refractivity contribution in [3.05, 3.63) is 96.6 Å². The fraction of sp³-hybridized carbons (Fsp3) is 0.115. The van der Waals surface area contributed by atoms with Gasteiger partial charge in [0.15, 0.2) is 6.61 Å². The van der Waals surface area contributed by atoms with E-state index in [9.17, 15) is 14.4 Å². The standard InChI is InChI=1S/C26H22N2O4/c1-18-20-11-5-6-13-22(20)26(31)28(18)16-15-25(30)32-17-24(29)27-23-14-8-7-12-21(23)19-9-3-2-4-10-19/h2-14H,1,15-17H2,(H,27,29). The average Bonchev–Trinajstić information content (AvgIpc) is 3.07. The van der Waals surface area contributed by atoms with Crippen molar-refractivity contribution in [1.29, 1.82) is 0 Å².